The smallest absolute Gasteiger partial charge is 0.271 e. The van der Waals surface area contributed by atoms with Gasteiger partial charge < -0.3 is 15.6 Å². The summed E-state index contributed by atoms with van der Waals surface area (Å²) in [7, 11) is 1.58. The van der Waals surface area contributed by atoms with Crippen LogP contribution in [0.5, 0.6) is 11.6 Å². The monoisotopic (exact) mass is 263 g/mol. The topological polar surface area (TPSA) is 93.3 Å². The third-order valence-electron chi connectivity index (χ3n) is 2.93. The fourth-order valence-electron chi connectivity index (χ4n) is 1.88. The van der Waals surface area contributed by atoms with Crippen molar-refractivity contribution in [3.8, 4) is 17.3 Å². The van der Waals surface area contributed by atoms with Gasteiger partial charge >= 0.3 is 0 Å². The minimum absolute atomic E-state index is 0.0661. The zero-order valence-electron chi connectivity index (χ0n) is 10.7. The van der Waals surface area contributed by atoms with E-state index in [9.17, 15) is 9.90 Å². The van der Waals surface area contributed by atoms with Crippen LogP contribution in [0.3, 0.4) is 0 Å². The Kier molecular flexibility index (Phi) is 3.91. The van der Waals surface area contributed by atoms with Crippen molar-refractivity contribution in [2.24, 2.45) is 5.73 Å². The van der Waals surface area contributed by atoms with Gasteiger partial charge in [-0.3, -0.25) is 9.89 Å². The van der Waals surface area contributed by atoms with Crippen LogP contribution >= 0.6 is 0 Å². The Morgan fingerprint density at radius 3 is 2.63 bits per heavy atom. The van der Waals surface area contributed by atoms with E-state index in [0.717, 1.165) is 0 Å². The van der Waals surface area contributed by atoms with Gasteiger partial charge in [-0.2, -0.15) is 0 Å². The van der Waals surface area contributed by atoms with E-state index in [1.807, 2.05) is 0 Å². The lowest BCUT2D eigenvalue weighted by molar-refractivity contribution is 0.413. The van der Waals surface area contributed by atoms with Crippen molar-refractivity contribution < 1.29 is 9.84 Å². The lowest BCUT2D eigenvalue weighted by atomic mass is 10.2. The quantitative estimate of drug-likeness (QED) is 0.742. The maximum absolute atomic E-state index is 11.8. The summed E-state index contributed by atoms with van der Waals surface area (Å²) < 4.78 is 6.41. The molecule has 0 aliphatic heterocycles. The third-order valence-corrected chi connectivity index (χ3v) is 2.93. The molecule has 0 saturated carbocycles. The third kappa shape index (κ3) is 2.63. The van der Waals surface area contributed by atoms with E-state index in [1.165, 1.54) is 4.68 Å². The Morgan fingerprint density at radius 2 is 2.05 bits per heavy atom. The maximum Gasteiger partial charge on any atom is 0.271 e. The van der Waals surface area contributed by atoms with Crippen LogP contribution in [-0.2, 0) is 6.42 Å². The van der Waals surface area contributed by atoms with Crippen LogP contribution in [0, 0.1) is 0 Å². The van der Waals surface area contributed by atoms with E-state index >= 15 is 0 Å². The molecule has 0 spiro atoms. The molecule has 2 aromatic rings. The van der Waals surface area contributed by atoms with E-state index in [1.54, 1.807) is 31.4 Å². The Morgan fingerprint density at radius 1 is 1.37 bits per heavy atom. The number of nitrogens with one attached hydrogen (secondary N) is 1. The van der Waals surface area contributed by atoms with E-state index in [4.69, 9.17) is 10.5 Å². The summed E-state index contributed by atoms with van der Waals surface area (Å²) in [6.07, 6.45) is 1.12. The number of nitrogens with two attached hydrogens (primary N) is 1. The molecular weight excluding hydrogens is 246 g/mol. The number of hydrogen-bond donors (Lipinski definition) is 3. The number of H-pyrrole nitrogens is 1. The second kappa shape index (κ2) is 5.62. The molecule has 6 heteroatoms. The molecule has 0 radical (unpaired) electrons. The number of aromatic hydroxyl groups is 1. The molecule has 0 aliphatic rings. The second-order valence-electron chi connectivity index (χ2n) is 4.17. The first kappa shape index (κ1) is 13.2. The second-order valence-corrected chi connectivity index (χ2v) is 4.17. The summed E-state index contributed by atoms with van der Waals surface area (Å²) in [4.78, 5) is 11.8. The van der Waals surface area contributed by atoms with Gasteiger partial charge in [-0.1, -0.05) is 0 Å². The van der Waals surface area contributed by atoms with Crippen LogP contribution in [0.15, 0.2) is 29.1 Å². The van der Waals surface area contributed by atoms with Crippen molar-refractivity contribution in [3.05, 3.63) is 40.2 Å². The first-order valence-electron chi connectivity index (χ1n) is 6.04. The lowest BCUT2D eigenvalue weighted by Gasteiger charge is -2.06. The minimum Gasteiger partial charge on any atom is -0.497 e. The summed E-state index contributed by atoms with van der Waals surface area (Å²) in [6.45, 7) is 0.479. The first-order chi connectivity index (χ1) is 9.17. The summed E-state index contributed by atoms with van der Waals surface area (Å²) in [5.41, 5.74) is 6.15. The molecule has 0 atom stereocenters. The zero-order valence-corrected chi connectivity index (χ0v) is 10.7. The highest BCUT2D eigenvalue weighted by atomic mass is 16.5. The first-order valence-corrected chi connectivity index (χ1v) is 6.04. The van der Waals surface area contributed by atoms with Crippen LogP contribution in [-0.4, -0.2) is 28.5 Å². The van der Waals surface area contributed by atoms with Gasteiger partial charge in [-0.05, 0) is 43.7 Å². The molecule has 102 valence electrons. The van der Waals surface area contributed by atoms with Crippen molar-refractivity contribution in [2.45, 2.75) is 12.8 Å². The van der Waals surface area contributed by atoms with E-state index in [2.05, 4.69) is 5.10 Å². The predicted octanol–water partition coefficient (Wildman–Crippen LogP) is 0.771. The number of benzene rings is 1. The summed E-state index contributed by atoms with van der Waals surface area (Å²) in [6, 6.07) is 7.02. The number of methoxy groups -OCH3 is 1. The molecule has 0 bridgehead atoms. The molecule has 6 nitrogen and oxygen atoms in total. The van der Waals surface area contributed by atoms with Gasteiger partial charge in [0.2, 0.25) is 5.88 Å². The SMILES string of the molecule is COc1ccc(-n2[nH]c(=O)c(CCCN)c2O)cc1. The van der Waals surface area contributed by atoms with Crippen molar-refractivity contribution in [1.82, 2.24) is 9.78 Å². The molecule has 0 unspecified atom stereocenters. The molecule has 0 fully saturated rings. The number of aromatic amines is 1. The number of ether oxygens (including phenoxy) is 1. The molecule has 0 saturated heterocycles. The number of rotatable bonds is 5. The highest BCUT2D eigenvalue weighted by molar-refractivity contribution is 5.41. The molecule has 1 aromatic carbocycles. The largest absolute Gasteiger partial charge is 0.497 e. The zero-order chi connectivity index (χ0) is 13.8. The minimum atomic E-state index is -0.290. The molecule has 0 amide bonds. The van der Waals surface area contributed by atoms with Crippen molar-refractivity contribution in [3.63, 3.8) is 0 Å². The van der Waals surface area contributed by atoms with Gasteiger partial charge in [0.25, 0.3) is 5.56 Å². The van der Waals surface area contributed by atoms with Gasteiger partial charge in [0.15, 0.2) is 0 Å². The molecular formula is C13H17N3O3. The fourth-order valence-corrected chi connectivity index (χ4v) is 1.88. The number of nitrogens with zero attached hydrogens (tertiary/aromatic N) is 1. The molecule has 19 heavy (non-hydrogen) atoms. The van der Waals surface area contributed by atoms with Gasteiger partial charge in [0.05, 0.1) is 18.4 Å². The Bertz CT molecular complexity index is 599. The van der Waals surface area contributed by atoms with Crippen LogP contribution in [0.2, 0.25) is 0 Å². The maximum atomic E-state index is 11.8. The van der Waals surface area contributed by atoms with Crippen molar-refractivity contribution in [1.29, 1.82) is 0 Å². The van der Waals surface area contributed by atoms with Gasteiger partial charge in [0, 0.05) is 0 Å². The average Bonchev–Trinajstić information content (AvgIpc) is 2.72. The Labute approximate surface area is 110 Å². The number of aromatic nitrogens is 2. The number of hydrogen-bond acceptors (Lipinski definition) is 4. The van der Waals surface area contributed by atoms with E-state index in [0.29, 0.717) is 36.4 Å². The summed E-state index contributed by atoms with van der Waals surface area (Å²) in [5.74, 6) is 0.643. The van der Waals surface area contributed by atoms with E-state index < -0.39 is 0 Å². The predicted molar refractivity (Wildman–Crippen MR) is 72.0 cm³/mol. The van der Waals surface area contributed by atoms with Crippen molar-refractivity contribution in [2.75, 3.05) is 13.7 Å². The van der Waals surface area contributed by atoms with Gasteiger partial charge in [0.1, 0.15) is 5.75 Å². The molecule has 1 heterocycles. The van der Waals surface area contributed by atoms with Gasteiger partial charge in [-0.15, -0.1) is 0 Å². The lowest BCUT2D eigenvalue weighted by Crippen LogP contribution is -2.09. The highest BCUT2D eigenvalue weighted by Crippen LogP contribution is 2.21. The van der Waals surface area contributed by atoms with Crippen LogP contribution < -0.4 is 16.0 Å². The normalized spacial score (nSPS) is 10.6. The average molecular weight is 263 g/mol. The molecule has 4 N–H and O–H groups in total. The summed E-state index contributed by atoms with van der Waals surface area (Å²) >= 11 is 0. The fraction of sp³-hybridized carbons (Fsp3) is 0.308. The van der Waals surface area contributed by atoms with Crippen LogP contribution in [0.1, 0.15) is 12.0 Å². The highest BCUT2D eigenvalue weighted by Gasteiger charge is 2.14. The molecule has 1 aromatic heterocycles. The van der Waals surface area contributed by atoms with E-state index in [-0.39, 0.29) is 11.4 Å². The standard InChI is InChI=1S/C13H17N3O3/c1-19-10-6-4-9(5-7-10)16-13(18)11(3-2-8-14)12(17)15-16/h4-7,18H,2-3,8,14H2,1H3,(H,15,17). The Balaban J connectivity index is 2.36. The molecule has 2 rings (SSSR count). The summed E-state index contributed by atoms with van der Waals surface area (Å²) in [5, 5.41) is 12.7. The van der Waals surface area contributed by atoms with Crippen molar-refractivity contribution >= 4 is 0 Å². The van der Waals surface area contributed by atoms with Crippen LogP contribution in [0.4, 0.5) is 0 Å². The Hall–Kier alpha value is -2.21. The van der Waals surface area contributed by atoms with Gasteiger partial charge in [-0.25, -0.2) is 4.68 Å². The van der Waals surface area contributed by atoms with Crippen LogP contribution in [0.25, 0.3) is 5.69 Å². The molecule has 0 aliphatic carbocycles.